The number of benzene rings is 2. The number of aryl methyl sites for hydroxylation is 1. The number of phenolic OH excluding ortho intramolecular Hbond substituents is 1. The summed E-state index contributed by atoms with van der Waals surface area (Å²) in [5.41, 5.74) is 8.83. The Morgan fingerprint density at radius 2 is 1.63 bits per heavy atom. The molecule has 6 nitrogen and oxygen atoms in total. The van der Waals surface area contributed by atoms with Crippen molar-refractivity contribution in [2.45, 2.75) is 20.3 Å². The van der Waals surface area contributed by atoms with Crippen LogP contribution in [0.5, 0.6) is 5.75 Å². The van der Waals surface area contributed by atoms with Crippen molar-refractivity contribution in [3.8, 4) is 11.4 Å². The van der Waals surface area contributed by atoms with Crippen LogP contribution in [0, 0.1) is 13.8 Å². The van der Waals surface area contributed by atoms with Crippen LogP contribution in [-0.4, -0.2) is 21.5 Å². The molecule has 1 aromatic heterocycles. The van der Waals surface area contributed by atoms with Gasteiger partial charge in [0.2, 0.25) is 5.91 Å². The van der Waals surface area contributed by atoms with E-state index >= 15 is 0 Å². The lowest BCUT2D eigenvalue weighted by Crippen LogP contribution is -2.42. The highest BCUT2D eigenvalue weighted by Crippen LogP contribution is 2.20. The number of hydrazine groups is 1. The van der Waals surface area contributed by atoms with E-state index in [0.717, 1.165) is 22.6 Å². The number of hydrogen-bond acceptors (Lipinski definition) is 3. The fourth-order valence-corrected chi connectivity index (χ4v) is 3.00. The molecule has 0 bridgehead atoms. The van der Waals surface area contributed by atoms with Gasteiger partial charge in [-0.3, -0.25) is 20.4 Å². The third-order valence-corrected chi connectivity index (χ3v) is 4.31. The molecule has 0 saturated heterocycles. The summed E-state index contributed by atoms with van der Waals surface area (Å²) in [6, 6.07) is 17.9. The topological polar surface area (TPSA) is 83.4 Å². The fraction of sp³-hybridized carbons (Fsp3) is 0.143. The highest BCUT2D eigenvalue weighted by Gasteiger charge is 2.17. The Bertz CT molecular complexity index is 960. The van der Waals surface area contributed by atoms with Crippen LogP contribution in [0.1, 0.15) is 27.3 Å². The number of para-hydroxylation sites is 1. The van der Waals surface area contributed by atoms with Gasteiger partial charge in [-0.05, 0) is 49.7 Å². The second-order valence-corrected chi connectivity index (χ2v) is 6.30. The Morgan fingerprint density at radius 3 is 2.30 bits per heavy atom. The van der Waals surface area contributed by atoms with Gasteiger partial charge < -0.3 is 9.67 Å². The Balaban J connectivity index is 1.66. The Hall–Kier alpha value is -3.54. The monoisotopic (exact) mass is 363 g/mol. The Labute approximate surface area is 157 Å². The quantitative estimate of drug-likeness (QED) is 0.623. The number of nitrogens with one attached hydrogen (secondary N) is 2. The molecule has 6 heteroatoms. The van der Waals surface area contributed by atoms with Crippen LogP contribution in [0.25, 0.3) is 5.69 Å². The molecule has 0 saturated carbocycles. The fourth-order valence-electron chi connectivity index (χ4n) is 3.00. The standard InChI is InChI=1S/C21H21N3O3/c1-14-12-19(15(2)24(14)17-6-4-3-5-7-17)21(27)23-22-20(26)13-16-8-10-18(25)11-9-16/h3-12,25H,13H2,1-2H3,(H,22,26)(H,23,27). The lowest BCUT2D eigenvalue weighted by molar-refractivity contribution is -0.121. The summed E-state index contributed by atoms with van der Waals surface area (Å²) < 4.78 is 1.99. The van der Waals surface area contributed by atoms with Crippen LogP contribution in [0.2, 0.25) is 0 Å². The number of aromatic nitrogens is 1. The first-order valence-corrected chi connectivity index (χ1v) is 8.57. The molecule has 0 unspecified atom stereocenters. The zero-order valence-electron chi connectivity index (χ0n) is 15.2. The molecule has 0 fully saturated rings. The zero-order chi connectivity index (χ0) is 19.4. The number of amides is 2. The molecule has 0 aliphatic carbocycles. The van der Waals surface area contributed by atoms with E-state index in [1.165, 1.54) is 12.1 Å². The number of carbonyl (C=O) groups is 2. The summed E-state index contributed by atoms with van der Waals surface area (Å²) in [4.78, 5) is 24.5. The summed E-state index contributed by atoms with van der Waals surface area (Å²) in [6.07, 6.45) is 0.101. The van der Waals surface area contributed by atoms with Gasteiger partial charge >= 0.3 is 0 Å². The SMILES string of the molecule is Cc1cc(C(=O)NNC(=O)Cc2ccc(O)cc2)c(C)n1-c1ccccc1. The molecule has 27 heavy (non-hydrogen) atoms. The van der Waals surface area contributed by atoms with Crippen molar-refractivity contribution in [2.24, 2.45) is 0 Å². The van der Waals surface area contributed by atoms with E-state index in [-0.39, 0.29) is 24.0 Å². The van der Waals surface area contributed by atoms with Gasteiger partial charge in [0.25, 0.3) is 5.91 Å². The first-order valence-electron chi connectivity index (χ1n) is 8.57. The second-order valence-electron chi connectivity index (χ2n) is 6.30. The van der Waals surface area contributed by atoms with E-state index in [2.05, 4.69) is 10.9 Å². The van der Waals surface area contributed by atoms with Crippen molar-refractivity contribution >= 4 is 11.8 Å². The molecule has 0 spiro atoms. The number of rotatable bonds is 4. The van der Waals surface area contributed by atoms with Crippen molar-refractivity contribution in [3.63, 3.8) is 0 Å². The smallest absolute Gasteiger partial charge is 0.271 e. The lowest BCUT2D eigenvalue weighted by Gasteiger charge is -2.10. The molecule has 0 radical (unpaired) electrons. The number of carbonyl (C=O) groups excluding carboxylic acids is 2. The van der Waals surface area contributed by atoms with Crippen LogP contribution in [0.4, 0.5) is 0 Å². The second kappa shape index (κ2) is 7.78. The average molecular weight is 363 g/mol. The van der Waals surface area contributed by atoms with E-state index < -0.39 is 0 Å². The normalized spacial score (nSPS) is 10.4. The van der Waals surface area contributed by atoms with Gasteiger partial charge in [0.1, 0.15) is 5.75 Å². The van der Waals surface area contributed by atoms with Crippen molar-refractivity contribution < 1.29 is 14.7 Å². The molecule has 3 rings (SSSR count). The summed E-state index contributed by atoms with van der Waals surface area (Å²) in [5, 5.41) is 9.27. The molecular formula is C21H21N3O3. The first-order chi connectivity index (χ1) is 13.0. The summed E-state index contributed by atoms with van der Waals surface area (Å²) in [5.74, 6) is -0.573. The number of aromatic hydroxyl groups is 1. The highest BCUT2D eigenvalue weighted by molar-refractivity contribution is 5.97. The number of phenols is 1. The minimum atomic E-state index is -0.371. The minimum Gasteiger partial charge on any atom is -0.508 e. The van der Waals surface area contributed by atoms with Crippen molar-refractivity contribution in [1.29, 1.82) is 0 Å². The van der Waals surface area contributed by atoms with E-state index in [4.69, 9.17) is 0 Å². The predicted octanol–water partition coefficient (Wildman–Crippen LogP) is 2.80. The van der Waals surface area contributed by atoms with E-state index in [9.17, 15) is 14.7 Å². The van der Waals surface area contributed by atoms with Gasteiger partial charge in [0, 0.05) is 17.1 Å². The van der Waals surface area contributed by atoms with Gasteiger partial charge in [0.05, 0.1) is 12.0 Å². The molecule has 0 aliphatic rings. The molecule has 2 aromatic carbocycles. The zero-order valence-corrected chi connectivity index (χ0v) is 15.2. The van der Waals surface area contributed by atoms with Crippen LogP contribution in [-0.2, 0) is 11.2 Å². The van der Waals surface area contributed by atoms with Crippen molar-refractivity contribution in [1.82, 2.24) is 15.4 Å². The summed E-state index contributed by atoms with van der Waals surface area (Å²) in [6.45, 7) is 3.80. The summed E-state index contributed by atoms with van der Waals surface area (Å²) >= 11 is 0. The molecule has 0 atom stereocenters. The average Bonchev–Trinajstić information content (AvgIpc) is 2.96. The minimum absolute atomic E-state index is 0.101. The molecule has 2 amide bonds. The maximum Gasteiger partial charge on any atom is 0.271 e. The van der Waals surface area contributed by atoms with Gasteiger partial charge in [-0.25, -0.2) is 0 Å². The Morgan fingerprint density at radius 1 is 0.963 bits per heavy atom. The van der Waals surface area contributed by atoms with Gasteiger partial charge in [-0.1, -0.05) is 30.3 Å². The molecule has 3 aromatic rings. The van der Waals surface area contributed by atoms with Crippen molar-refractivity contribution in [3.05, 3.63) is 83.2 Å². The lowest BCUT2D eigenvalue weighted by atomic mass is 10.1. The van der Waals surface area contributed by atoms with E-state index in [1.54, 1.807) is 18.2 Å². The van der Waals surface area contributed by atoms with Crippen molar-refractivity contribution in [2.75, 3.05) is 0 Å². The third-order valence-electron chi connectivity index (χ3n) is 4.31. The largest absolute Gasteiger partial charge is 0.508 e. The molecule has 0 aliphatic heterocycles. The van der Waals surface area contributed by atoms with Crippen LogP contribution >= 0.6 is 0 Å². The van der Waals surface area contributed by atoms with Gasteiger partial charge in [0.15, 0.2) is 0 Å². The van der Waals surface area contributed by atoms with Crippen LogP contribution < -0.4 is 10.9 Å². The van der Waals surface area contributed by atoms with Crippen LogP contribution in [0.15, 0.2) is 60.7 Å². The molecule has 1 heterocycles. The Kier molecular flexibility index (Phi) is 5.26. The predicted molar refractivity (Wildman–Crippen MR) is 103 cm³/mol. The molecule has 3 N–H and O–H groups in total. The molecular weight excluding hydrogens is 342 g/mol. The maximum absolute atomic E-state index is 12.5. The maximum atomic E-state index is 12.5. The number of hydrogen-bond donors (Lipinski definition) is 3. The van der Waals surface area contributed by atoms with E-state index in [0.29, 0.717) is 5.56 Å². The molecule has 138 valence electrons. The van der Waals surface area contributed by atoms with Crippen LogP contribution in [0.3, 0.4) is 0 Å². The first kappa shape index (κ1) is 18.3. The summed E-state index contributed by atoms with van der Waals surface area (Å²) in [7, 11) is 0. The highest BCUT2D eigenvalue weighted by atomic mass is 16.3. The van der Waals surface area contributed by atoms with Gasteiger partial charge in [-0.15, -0.1) is 0 Å². The van der Waals surface area contributed by atoms with E-state index in [1.807, 2.05) is 48.7 Å². The number of nitrogens with zero attached hydrogens (tertiary/aromatic N) is 1. The third kappa shape index (κ3) is 4.17. The van der Waals surface area contributed by atoms with Gasteiger partial charge in [-0.2, -0.15) is 0 Å².